The van der Waals surface area contributed by atoms with E-state index in [4.69, 9.17) is 22.1 Å². The lowest BCUT2D eigenvalue weighted by Crippen LogP contribution is -2.23. The average molecular weight is 332 g/mol. The van der Waals surface area contributed by atoms with Gasteiger partial charge in [-0.05, 0) is 67.7 Å². The van der Waals surface area contributed by atoms with Crippen LogP contribution in [-0.2, 0) is 19.3 Å². The van der Waals surface area contributed by atoms with E-state index >= 15 is 0 Å². The molecule has 0 radical (unpaired) electrons. The number of ether oxygens (including phenoxy) is 1. The summed E-state index contributed by atoms with van der Waals surface area (Å²) in [5.41, 5.74) is 10.3. The molecule has 0 heterocycles. The molecule has 0 saturated carbocycles. The quantitative estimate of drug-likeness (QED) is 0.819. The lowest BCUT2D eigenvalue weighted by Gasteiger charge is -2.25. The summed E-state index contributed by atoms with van der Waals surface area (Å²) in [6, 6.07) is 2.31. The normalized spacial score (nSPS) is 15.0. The monoisotopic (exact) mass is 331 g/mol. The first-order valence-corrected chi connectivity index (χ1v) is 8.26. The van der Waals surface area contributed by atoms with Crippen molar-refractivity contribution < 1.29 is 4.74 Å². The molecule has 4 heteroatoms. The van der Waals surface area contributed by atoms with Gasteiger partial charge in [0.1, 0.15) is 5.75 Å². The van der Waals surface area contributed by atoms with Gasteiger partial charge in [-0.15, -0.1) is 12.4 Å². The number of hydrogen-bond donors (Lipinski definition) is 1. The third-order valence-corrected chi connectivity index (χ3v) is 4.39. The number of rotatable bonds is 6. The van der Waals surface area contributed by atoms with Gasteiger partial charge >= 0.3 is 0 Å². The van der Waals surface area contributed by atoms with Crippen molar-refractivity contribution in [3.63, 3.8) is 0 Å². The first-order valence-electron chi connectivity index (χ1n) is 7.88. The molecule has 21 heavy (non-hydrogen) atoms. The molecule has 0 fully saturated rings. The van der Waals surface area contributed by atoms with Crippen LogP contribution in [0.15, 0.2) is 6.07 Å². The second-order valence-electron chi connectivity index (χ2n) is 5.73. The predicted molar refractivity (Wildman–Crippen MR) is 93.1 cm³/mol. The molecule has 0 aromatic heterocycles. The number of nitrogens with two attached hydrogens (primary N) is 1. The van der Waals surface area contributed by atoms with Gasteiger partial charge in [0.2, 0.25) is 0 Å². The first-order chi connectivity index (χ1) is 9.67. The van der Waals surface area contributed by atoms with Crippen LogP contribution in [0.5, 0.6) is 5.75 Å². The van der Waals surface area contributed by atoms with Crippen LogP contribution in [0.2, 0.25) is 5.02 Å². The summed E-state index contributed by atoms with van der Waals surface area (Å²) in [4.78, 5) is 0. The lowest BCUT2D eigenvalue weighted by atomic mass is 9.85. The summed E-state index contributed by atoms with van der Waals surface area (Å²) in [6.45, 7) is 4.99. The second-order valence-corrected chi connectivity index (χ2v) is 6.14. The SMILES string of the molecule is CCCOc1c(Cl)cc(CC(N)CC)c2c1CCCC2.Cl. The van der Waals surface area contributed by atoms with Crippen molar-refractivity contribution in [3.8, 4) is 5.75 Å². The summed E-state index contributed by atoms with van der Waals surface area (Å²) in [5.74, 6) is 0.928. The number of halogens is 2. The van der Waals surface area contributed by atoms with Gasteiger partial charge in [-0.2, -0.15) is 0 Å². The maximum absolute atomic E-state index is 6.46. The molecule has 1 aromatic carbocycles. The topological polar surface area (TPSA) is 35.2 Å². The highest BCUT2D eigenvalue weighted by atomic mass is 35.5. The Kier molecular flexibility index (Phi) is 7.86. The maximum Gasteiger partial charge on any atom is 0.141 e. The molecular weight excluding hydrogens is 305 g/mol. The minimum absolute atomic E-state index is 0. The second kappa shape index (κ2) is 8.87. The van der Waals surface area contributed by atoms with Crippen LogP contribution >= 0.6 is 24.0 Å². The third-order valence-electron chi connectivity index (χ3n) is 4.10. The van der Waals surface area contributed by atoms with Gasteiger partial charge in [0.05, 0.1) is 11.6 Å². The highest BCUT2D eigenvalue weighted by Crippen LogP contribution is 2.38. The third kappa shape index (κ3) is 4.51. The highest BCUT2D eigenvalue weighted by Gasteiger charge is 2.21. The molecule has 1 unspecified atom stereocenters. The summed E-state index contributed by atoms with van der Waals surface area (Å²) in [6.07, 6.45) is 7.65. The van der Waals surface area contributed by atoms with Crippen molar-refractivity contribution in [1.82, 2.24) is 0 Å². The molecule has 2 rings (SSSR count). The molecular formula is C17H27Cl2NO. The zero-order valence-corrected chi connectivity index (χ0v) is 14.7. The minimum atomic E-state index is 0. The fourth-order valence-corrected chi connectivity index (χ4v) is 3.23. The molecule has 0 saturated heterocycles. The van der Waals surface area contributed by atoms with Crippen molar-refractivity contribution in [2.24, 2.45) is 5.73 Å². The van der Waals surface area contributed by atoms with Gasteiger partial charge in [-0.3, -0.25) is 0 Å². The van der Waals surface area contributed by atoms with E-state index < -0.39 is 0 Å². The minimum Gasteiger partial charge on any atom is -0.492 e. The molecule has 0 bridgehead atoms. The van der Waals surface area contributed by atoms with E-state index in [0.29, 0.717) is 0 Å². The molecule has 1 atom stereocenters. The van der Waals surface area contributed by atoms with Crippen molar-refractivity contribution in [1.29, 1.82) is 0 Å². The van der Waals surface area contributed by atoms with Crippen LogP contribution in [0, 0.1) is 0 Å². The summed E-state index contributed by atoms with van der Waals surface area (Å²) in [5, 5.41) is 0.761. The Morgan fingerprint density at radius 1 is 1.24 bits per heavy atom. The molecule has 0 amide bonds. The number of hydrogen-bond acceptors (Lipinski definition) is 2. The van der Waals surface area contributed by atoms with E-state index in [2.05, 4.69) is 19.9 Å². The Labute approximate surface area is 139 Å². The van der Waals surface area contributed by atoms with Crippen molar-refractivity contribution in [3.05, 3.63) is 27.8 Å². The van der Waals surface area contributed by atoms with Crippen molar-refractivity contribution in [2.45, 2.75) is 64.8 Å². The maximum atomic E-state index is 6.46. The first kappa shape index (κ1) is 18.6. The highest BCUT2D eigenvalue weighted by molar-refractivity contribution is 6.32. The van der Waals surface area contributed by atoms with Crippen LogP contribution in [0.4, 0.5) is 0 Å². The smallest absolute Gasteiger partial charge is 0.141 e. The largest absolute Gasteiger partial charge is 0.492 e. The van der Waals surface area contributed by atoms with Crippen LogP contribution in [0.25, 0.3) is 0 Å². The van der Waals surface area contributed by atoms with Gasteiger partial charge in [-0.1, -0.05) is 25.4 Å². The molecule has 1 aliphatic rings. The van der Waals surface area contributed by atoms with Gasteiger partial charge in [0, 0.05) is 6.04 Å². The lowest BCUT2D eigenvalue weighted by molar-refractivity contribution is 0.312. The Morgan fingerprint density at radius 3 is 2.52 bits per heavy atom. The van der Waals surface area contributed by atoms with E-state index in [9.17, 15) is 0 Å². The van der Waals surface area contributed by atoms with E-state index in [-0.39, 0.29) is 18.4 Å². The molecule has 1 aromatic rings. The van der Waals surface area contributed by atoms with Crippen LogP contribution in [0.1, 0.15) is 56.2 Å². The van der Waals surface area contributed by atoms with E-state index in [1.54, 1.807) is 0 Å². The standard InChI is InChI=1S/C17H26ClNO.ClH/c1-3-9-20-17-15-8-6-5-7-14(15)12(11-16(17)18)10-13(19)4-2;/h11,13H,3-10,19H2,1-2H3;1H. The van der Waals surface area contributed by atoms with Crippen LogP contribution in [-0.4, -0.2) is 12.6 Å². The Hall–Kier alpha value is -0.440. The van der Waals surface area contributed by atoms with Crippen LogP contribution < -0.4 is 10.5 Å². The zero-order chi connectivity index (χ0) is 14.5. The fraction of sp³-hybridized carbons (Fsp3) is 0.647. The Bertz CT molecular complexity index is 463. The summed E-state index contributed by atoms with van der Waals surface area (Å²) >= 11 is 6.46. The van der Waals surface area contributed by atoms with Gasteiger partial charge in [-0.25, -0.2) is 0 Å². The fourth-order valence-electron chi connectivity index (χ4n) is 2.93. The molecule has 2 nitrogen and oxygen atoms in total. The van der Waals surface area contributed by atoms with E-state index in [1.807, 2.05) is 0 Å². The molecule has 120 valence electrons. The Balaban J connectivity index is 0.00000220. The van der Waals surface area contributed by atoms with Gasteiger partial charge < -0.3 is 10.5 Å². The molecule has 0 spiro atoms. The summed E-state index contributed by atoms with van der Waals surface area (Å²) in [7, 11) is 0. The Morgan fingerprint density at radius 2 is 1.90 bits per heavy atom. The predicted octanol–water partition coefficient (Wildman–Crippen LogP) is 4.71. The number of fused-ring (bicyclic) bond motifs is 1. The van der Waals surface area contributed by atoms with Crippen LogP contribution in [0.3, 0.4) is 0 Å². The molecule has 0 aliphatic heterocycles. The molecule has 1 aliphatic carbocycles. The van der Waals surface area contributed by atoms with E-state index in [0.717, 1.165) is 49.5 Å². The van der Waals surface area contributed by atoms with Gasteiger partial charge in [0.25, 0.3) is 0 Å². The van der Waals surface area contributed by atoms with Crippen molar-refractivity contribution in [2.75, 3.05) is 6.61 Å². The number of benzene rings is 1. The molecule has 2 N–H and O–H groups in total. The van der Waals surface area contributed by atoms with E-state index in [1.165, 1.54) is 29.5 Å². The average Bonchev–Trinajstić information content (AvgIpc) is 2.46. The van der Waals surface area contributed by atoms with Crippen molar-refractivity contribution >= 4 is 24.0 Å². The zero-order valence-electron chi connectivity index (χ0n) is 13.1. The summed E-state index contributed by atoms with van der Waals surface area (Å²) < 4.78 is 5.91. The van der Waals surface area contributed by atoms with Gasteiger partial charge in [0.15, 0.2) is 0 Å².